The van der Waals surface area contributed by atoms with Crippen molar-refractivity contribution in [3.05, 3.63) is 0 Å². The van der Waals surface area contributed by atoms with E-state index in [4.69, 9.17) is 0 Å². The van der Waals surface area contributed by atoms with Crippen LogP contribution in [0.5, 0.6) is 0 Å². The second-order valence-corrected chi connectivity index (χ2v) is 11.0. The fourth-order valence-electron chi connectivity index (χ4n) is 3.09. The van der Waals surface area contributed by atoms with Crippen LogP contribution < -0.4 is 0 Å². The molecule has 0 saturated heterocycles. The van der Waals surface area contributed by atoms with Gasteiger partial charge in [0, 0.05) is 0 Å². The summed E-state index contributed by atoms with van der Waals surface area (Å²) in [5.41, 5.74) is -0.0521. The highest BCUT2D eigenvalue weighted by molar-refractivity contribution is 7.86. The van der Waals surface area contributed by atoms with E-state index < -0.39 is 15.4 Å². The summed E-state index contributed by atoms with van der Waals surface area (Å²) in [7, 11) is -4.02. The average molecular weight is 349 g/mol. The molecule has 140 valence electrons. The van der Waals surface area contributed by atoms with Gasteiger partial charge in [-0.3, -0.25) is 4.55 Å². The van der Waals surface area contributed by atoms with Crippen LogP contribution in [-0.2, 0) is 10.1 Å². The molecule has 0 saturated carbocycles. The lowest BCUT2D eigenvalue weighted by Crippen LogP contribution is -2.42. The van der Waals surface area contributed by atoms with Gasteiger partial charge >= 0.3 is 0 Å². The molecule has 1 N–H and O–H groups in total. The van der Waals surface area contributed by atoms with Crippen LogP contribution in [0.2, 0.25) is 0 Å². The summed E-state index contributed by atoms with van der Waals surface area (Å²) in [4.78, 5) is 0. The van der Waals surface area contributed by atoms with E-state index in [-0.39, 0.29) is 16.2 Å². The lowest BCUT2D eigenvalue weighted by atomic mass is 9.59. The Labute approximate surface area is 145 Å². The molecule has 2 unspecified atom stereocenters. The second-order valence-electron chi connectivity index (χ2n) is 9.31. The van der Waals surface area contributed by atoms with E-state index in [1.165, 1.54) is 0 Å². The van der Waals surface area contributed by atoms with Crippen molar-refractivity contribution in [2.75, 3.05) is 0 Å². The zero-order chi connectivity index (χ0) is 18.7. The van der Waals surface area contributed by atoms with Crippen molar-refractivity contribution in [2.24, 2.45) is 22.2 Å². The Morgan fingerprint density at radius 1 is 1.00 bits per heavy atom. The van der Waals surface area contributed by atoms with Crippen LogP contribution in [0.25, 0.3) is 0 Å². The fourth-order valence-corrected chi connectivity index (χ4v) is 4.14. The van der Waals surface area contributed by atoms with Gasteiger partial charge in [0.05, 0.1) is 5.25 Å². The second kappa shape index (κ2) is 7.86. The van der Waals surface area contributed by atoms with Crippen LogP contribution in [0.1, 0.15) is 94.4 Å². The smallest absolute Gasteiger partial charge is 0.267 e. The molecule has 0 aliphatic heterocycles. The summed E-state index contributed by atoms with van der Waals surface area (Å²) < 4.78 is 33.6. The summed E-state index contributed by atoms with van der Waals surface area (Å²) in [5, 5.41) is -0.674. The van der Waals surface area contributed by atoms with E-state index in [9.17, 15) is 13.0 Å². The zero-order valence-corrected chi connectivity index (χ0v) is 17.7. The molecular formula is C19H40O3S. The van der Waals surface area contributed by atoms with Gasteiger partial charge in [0.25, 0.3) is 10.1 Å². The highest BCUT2D eigenvalue weighted by Gasteiger charge is 2.43. The minimum absolute atomic E-state index is 0.00492. The summed E-state index contributed by atoms with van der Waals surface area (Å²) in [6.45, 7) is 19.6. The molecule has 3 nitrogen and oxygen atoms in total. The summed E-state index contributed by atoms with van der Waals surface area (Å²) in [6.07, 6.45) is 3.92. The molecule has 0 spiro atoms. The zero-order valence-electron chi connectivity index (χ0n) is 16.9. The third-order valence-electron chi connectivity index (χ3n) is 6.85. The van der Waals surface area contributed by atoms with E-state index in [1.54, 1.807) is 0 Å². The quantitative estimate of drug-likeness (QED) is 0.496. The van der Waals surface area contributed by atoms with Gasteiger partial charge in [0.15, 0.2) is 0 Å². The number of hydrogen-bond donors (Lipinski definition) is 1. The SMILES string of the molecule is CCC(C)C(C)(C)C(C)(C)CC(CCC(C)(C)CC)S(=O)(=O)O. The molecule has 2 atom stereocenters. The summed E-state index contributed by atoms with van der Waals surface area (Å²) >= 11 is 0. The van der Waals surface area contributed by atoms with Crippen molar-refractivity contribution in [1.82, 2.24) is 0 Å². The molecule has 0 heterocycles. The predicted molar refractivity (Wildman–Crippen MR) is 100 cm³/mol. The molecule has 0 aliphatic rings. The Kier molecular flexibility index (Phi) is 7.83. The Morgan fingerprint density at radius 3 is 1.83 bits per heavy atom. The maximum Gasteiger partial charge on any atom is 0.267 e. The molecule has 0 bridgehead atoms. The maximum absolute atomic E-state index is 11.9. The van der Waals surface area contributed by atoms with Gasteiger partial charge in [-0.2, -0.15) is 8.42 Å². The number of rotatable bonds is 10. The van der Waals surface area contributed by atoms with Crippen molar-refractivity contribution in [3.8, 4) is 0 Å². The molecule has 0 aromatic carbocycles. The third kappa shape index (κ3) is 6.38. The highest BCUT2D eigenvalue weighted by atomic mass is 32.2. The van der Waals surface area contributed by atoms with Crippen LogP contribution in [0.4, 0.5) is 0 Å². The Bertz CT molecular complexity index is 461. The molecular weight excluding hydrogens is 308 g/mol. The molecule has 0 aromatic heterocycles. The van der Waals surface area contributed by atoms with Crippen LogP contribution in [0.3, 0.4) is 0 Å². The van der Waals surface area contributed by atoms with Crippen molar-refractivity contribution in [2.45, 2.75) is 99.7 Å². The first kappa shape index (κ1) is 22.9. The van der Waals surface area contributed by atoms with Crippen molar-refractivity contribution in [1.29, 1.82) is 0 Å². The van der Waals surface area contributed by atoms with Gasteiger partial charge in [-0.25, -0.2) is 0 Å². The molecule has 4 heteroatoms. The van der Waals surface area contributed by atoms with Crippen LogP contribution in [0.15, 0.2) is 0 Å². The van der Waals surface area contributed by atoms with Gasteiger partial charge in [0.2, 0.25) is 0 Å². The minimum Gasteiger partial charge on any atom is -0.285 e. The van der Waals surface area contributed by atoms with E-state index >= 15 is 0 Å². The van der Waals surface area contributed by atoms with Crippen LogP contribution in [-0.4, -0.2) is 18.2 Å². The van der Waals surface area contributed by atoms with Gasteiger partial charge in [-0.1, -0.05) is 75.2 Å². The molecule has 23 heavy (non-hydrogen) atoms. The van der Waals surface area contributed by atoms with E-state index in [0.29, 0.717) is 18.8 Å². The minimum atomic E-state index is -4.02. The van der Waals surface area contributed by atoms with Gasteiger partial charge in [-0.05, 0) is 41.4 Å². The standard InChI is InChI=1S/C19H40O3S/c1-10-15(3)19(8,9)18(6,7)14-16(23(20,21)22)12-13-17(4,5)11-2/h15-16H,10-14H2,1-9H3,(H,20,21,22). The molecule has 0 aromatic rings. The van der Waals surface area contributed by atoms with Crippen LogP contribution >= 0.6 is 0 Å². The maximum atomic E-state index is 11.9. The monoisotopic (exact) mass is 348 g/mol. The fraction of sp³-hybridized carbons (Fsp3) is 1.00. The van der Waals surface area contributed by atoms with Gasteiger partial charge < -0.3 is 0 Å². The van der Waals surface area contributed by atoms with Crippen LogP contribution in [0, 0.1) is 22.2 Å². The normalized spacial score (nSPS) is 17.1. The Hall–Kier alpha value is -0.0900. The van der Waals surface area contributed by atoms with Crippen molar-refractivity contribution in [3.63, 3.8) is 0 Å². The van der Waals surface area contributed by atoms with Crippen molar-refractivity contribution < 1.29 is 13.0 Å². The summed E-state index contributed by atoms with van der Waals surface area (Å²) in [6, 6.07) is 0. The highest BCUT2D eigenvalue weighted by Crippen LogP contribution is 2.49. The first-order valence-corrected chi connectivity index (χ1v) is 10.6. The molecule has 0 aliphatic carbocycles. The van der Waals surface area contributed by atoms with Crippen molar-refractivity contribution >= 4 is 10.1 Å². The lowest BCUT2D eigenvalue weighted by Gasteiger charge is -2.47. The van der Waals surface area contributed by atoms with E-state index in [2.05, 4.69) is 62.3 Å². The first-order chi connectivity index (χ1) is 10.1. The topological polar surface area (TPSA) is 54.4 Å². The van der Waals surface area contributed by atoms with Gasteiger partial charge in [-0.15, -0.1) is 0 Å². The average Bonchev–Trinajstić information content (AvgIpc) is 2.40. The molecule has 0 amide bonds. The largest absolute Gasteiger partial charge is 0.285 e. The molecule has 0 radical (unpaired) electrons. The molecule has 0 fully saturated rings. The Balaban J connectivity index is 5.32. The Morgan fingerprint density at radius 2 is 1.48 bits per heavy atom. The van der Waals surface area contributed by atoms with E-state index in [1.807, 2.05) is 0 Å². The summed E-state index contributed by atoms with van der Waals surface area (Å²) in [5.74, 6) is 0.492. The predicted octanol–water partition coefficient (Wildman–Crippen LogP) is 5.95. The van der Waals surface area contributed by atoms with Gasteiger partial charge in [0.1, 0.15) is 0 Å². The lowest BCUT2D eigenvalue weighted by molar-refractivity contribution is 0.0348. The number of hydrogen-bond acceptors (Lipinski definition) is 2. The third-order valence-corrected chi connectivity index (χ3v) is 8.09. The van der Waals surface area contributed by atoms with E-state index in [0.717, 1.165) is 19.3 Å². The molecule has 0 rings (SSSR count). The first-order valence-electron chi connectivity index (χ1n) is 9.07.